The average molecular weight is 478 g/mol. The Bertz CT molecular complexity index is 761. The van der Waals surface area contributed by atoms with Crippen molar-refractivity contribution in [3.05, 3.63) is 23.8 Å². The van der Waals surface area contributed by atoms with Crippen molar-refractivity contribution in [1.29, 1.82) is 0 Å². The maximum absolute atomic E-state index is 10.2. The number of phenolic OH excluding ortho intramolecular Hbond substituents is 1. The van der Waals surface area contributed by atoms with E-state index in [1.165, 1.54) is 19.2 Å². The number of rotatable bonds is 8. The molecule has 0 bridgehead atoms. The Kier molecular flexibility index (Phi) is 8.82. The second kappa shape index (κ2) is 11.2. The molecule has 1 aromatic rings. The van der Waals surface area contributed by atoms with Crippen molar-refractivity contribution in [2.24, 2.45) is 0 Å². The van der Waals surface area contributed by atoms with Crippen LogP contribution in [0.4, 0.5) is 0 Å². The summed E-state index contributed by atoms with van der Waals surface area (Å²) in [6.07, 6.45) is -15.0. The van der Waals surface area contributed by atoms with Crippen molar-refractivity contribution in [1.82, 2.24) is 0 Å². The molecule has 13 nitrogen and oxygen atoms in total. The number of aromatic hydroxyl groups is 1. The van der Waals surface area contributed by atoms with Crippen molar-refractivity contribution in [3.63, 3.8) is 0 Å². The molecule has 8 N–H and O–H groups in total. The minimum atomic E-state index is -1.66. The molecule has 10 atom stereocenters. The number of hydrogen-bond acceptors (Lipinski definition) is 13. The van der Waals surface area contributed by atoms with E-state index >= 15 is 0 Å². The Labute approximate surface area is 188 Å². The van der Waals surface area contributed by atoms with Crippen molar-refractivity contribution >= 4 is 0 Å². The van der Waals surface area contributed by atoms with Gasteiger partial charge < -0.3 is 64.5 Å². The number of aliphatic hydroxyl groups is 7. The summed E-state index contributed by atoms with van der Waals surface area (Å²) in [7, 11) is 1.40. The predicted octanol–water partition coefficient (Wildman–Crippen LogP) is -3.46. The molecule has 13 heteroatoms. The largest absolute Gasteiger partial charge is 0.504 e. The summed E-state index contributed by atoms with van der Waals surface area (Å²) in [5.74, 6) is 0.140. The molecule has 2 heterocycles. The summed E-state index contributed by atoms with van der Waals surface area (Å²) in [4.78, 5) is 0. The normalized spacial score (nSPS) is 39.4. The van der Waals surface area contributed by atoms with Gasteiger partial charge in [-0.25, -0.2) is 0 Å². The first kappa shape index (κ1) is 26.0. The lowest BCUT2D eigenvalue weighted by molar-refractivity contribution is -0.332. The first-order valence-electron chi connectivity index (χ1n) is 10.3. The number of methoxy groups -OCH3 is 1. The van der Waals surface area contributed by atoms with Gasteiger partial charge in [-0.15, -0.1) is 0 Å². The third-order valence-corrected chi connectivity index (χ3v) is 5.60. The Hall–Kier alpha value is -1.62. The van der Waals surface area contributed by atoms with Crippen LogP contribution in [-0.2, 0) is 25.6 Å². The van der Waals surface area contributed by atoms with Gasteiger partial charge in [0.15, 0.2) is 24.1 Å². The molecule has 1 aromatic carbocycles. The van der Waals surface area contributed by atoms with E-state index in [9.17, 15) is 40.9 Å². The van der Waals surface area contributed by atoms with E-state index in [2.05, 4.69) is 0 Å². The van der Waals surface area contributed by atoms with E-state index in [-0.39, 0.29) is 18.1 Å². The van der Waals surface area contributed by atoms with Gasteiger partial charge in [0, 0.05) is 0 Å². The lowest BCUT2D eigenvalue weighted by Crippen LogP contribution is -2.61. The molecule has 0 spiro atoms. The van der Waals surface area contributed by atoms with E-state index in [0.717, 1.165) is 0 Å². The highest BCUT2D eigenvalue weighted by Gasteiger charge is 2.47. The molecule has 2 aliphatic rings. The van der Waals surface area contributed by atoms with Gasteiger partial charge in [-0.2, -0.15) is 0 Å². The molecule has 10 unspecified atom stereocenters. The van der Waals surface area contributed by atoms with Crippen LogP contribution in [0.5, 0.6) is 11.5 Å². The fourth-order valence-electron chi connectivity index (χ4n) is 3.59. The minimum absolute atomic E-state index is 0.120. The zero-order chi connectivity index (χ0) is 24.3. The van der Waals surface area contributed by atoms with E-state index in [0.29, 0.717) is 5.56 Å². The van der Waals surface area contributed by atoms with E-state index < -0.39 is 74.6 Å². The SMILES string of the molecule is COc1ccc(COC2OC(COC3OC(CO)C(O)C(O)C3O)C(O)C(O)C2O)cc1O. The van der Waals surface area contributed by atoms with Gasteiger partial charge in [-0.1, -0.05) is 6.07 Å². The molecule has 0 aliphatic carbocycles. The highest BCUT2D eigenvalue weighted by Crippen LogP contribution is 2.29. The zero-order valence-electron chi connectivity index (χ0n) is 17.7. The van der Waals surface area contributed by atoms with Crippen LogP contribution in [0.3, 0.4) is 0 Å². The van der Waals surface area contributed by atoms with E-state index in [1.54, 1.807) is 6.07 Å². The number of ether oxygens (including phenoxy) is 5. The Morgan fingerprint density at radius 3 is 1.94 bits per heavy atom. The summed E-state index contributed by atoms with van der Waals surface area (Å²) in [6, 6.07) is 4.51. The summed E-state index contributed by atoms with van der Waals surface area (Å²) in [5, 5.41) is 79.4. The maximum atomic E-state index is 10.2. The Balaban J connectivity index is 1.60. The summed E-state index contributed by atoms with van der Waals surface area (Å²) < 4.78 is 26.6. The second-order valence-corrected chi connectivity index (χ2v) is 7.86. The molecule has 188 valence electrons. The molecule has 2 saturated heterocycles. The molecule has 0 aromatic heterocycles. The van der Waals surface area contributed by atoms with Gasteiger partial charge >= 0.3 is 0 Å². The Morgan fingerprint density at radius 2 is 1.36 bits per heavy atom. The van der Waals surface area contributed by atoms with Gasteiger partial charge in [0.1, 0.15) is 48.8 Å². The van der Waals surface area contributed by atoms with Gasteiger partial charge in [0.25, 0.3) is 0 Å². The molecule has 0 amide bonds. The topological polar surface area (TPSA) is 208 Å². The van der Waals surface area contributed by atoms with Gasteiger partial charge in [-0.3, -0.25) is 0 Å². The average Bonchev–Trinajstić information content (AvgIpc) is 2.81. The quantitative estimate of drug-likeness (QED) is 0.183. The van der Waals surface area contributed by atoms with Crippen molar-refractivity contribution in [3.8, 4) is 11.5 Å². The minimum Gasteiger partial charge on any atom is -0.504 e. The number of aliphatic hydroxyl groups excluding tert-OH is 7. The zero-order valence-corrected chi connectivity index (χ0v) is 17.7. The van der Waals surface area contributed by atoms with Gasteiger partial charge in [0.2, 0.25) is 0 Å². The lowest BCUT2D eigenvalue weighted by atomic mass is 9.98. The van der Waals surface area contributed by atoms with Crippen LogP contribution in [0.15, 0.2) is 18.2 Å². The van der Waals surface area contributed by atoms with Crippen molar-refractivity contribution < 1.29 is 64.5 Å². The van der Waals surface area contributed by atoms with Crippen LogP contribution < -0.4 is 4.74 Å². The smallest absolute Gasteiger partial charge is 0.187 e. The first-order valence-corrected chi connectivity index (χ1v) is 10.3. The molecule has 2 fully saturated rings. The molecule has 2 aliphatic heterocycles. The van der Waals surface area contributed by atoms with Gasteiger partial charge in [-0.05, 0) is 17.7 Å². The highest BCUT2D eigenvalue weighted by molar-refractivity contribution is 5.41. The first-order chi connectivity index (χ1) is 15.7. The monoisotopic (exact) mass is 478 g/mol. The second-order valence-electron chi connectivity index (χ2n) is 7.86. The number of hydrogen-bond donors (Lipinski definition) is 8. The van der Waals surface area contributed by atoms with Crippen LogP contribution in [0.1, 0.15) is 5.56 Å². The molecular formula is C20H30O13. The van der Waals surface area contributed by atoms with Crippen LogP contribution in [-0.4, -0.2) is 123 Å². The fraction of sp³-hybridized carbons (Fsp3) is 0.700. The van der Waals surface area contributed by atoms with Crippen LogP contribution >= 0.6 is 0 Å². The highest BCUT2D eigenvalue weighted by atomic mass is 16.7. The van der Waals surface area contributed by atoms with Crippen LogP contribution in [0.2, 0.25) is 0 Å². The summed E-state index contributed by atoms with van der Waals surface area (Å²) >= 11 is 0. The molecule has 3 rings (SSSR count). The molecule has 33 heavy (non-hydrogen) atoms. The molecule has 0 saturated carbocycles. The van der Waals surface area contributed by atoms with Crippen molar-refractivity contribution in [2.45, 2.75) is 68.0 Å². The number of benzene rings is 1. The fourth-order valence-corrected chi connectivity index (χ4v) is 3.59. The molecular weight excluding hydrogens is 448 g/mol. The van der Waals surface area contributed by atoms with E-state index in [4.69, 9.17) is 23.7 Å². The molecule has 0 radical (unpaired) electrons. The van der Waals surface area contributed by atoms with Gasteiger partial charge in [0.05, 0.1) is 26.9 Å². The van der Waals surface area contributed by atoms with Crippen LogP contribution in [0.25, 0.3) is 0 Å². The standard InChI is InChI=1S/C20H30O13/c1-29-10-3-2-8(4-9(10)22)6-30-19-18(28)16(26)14(24)12(33-19)7-31-20-17(27)15(25)13(23)11(5-21)32-20/h2-4,11-28H,5-7H2,1H3. The van der Waals surface area contributed by atoms with Crippen molar-refractivity contribution in [2.75, 3.05) is 20.3 Å². The maximum Gasteiger partial charge on any atom is 0.187 e. The third kappa shape index (κ3) is 5.72. The predicted molar refractivity (Wildman–Crippen MR) is 106 cm³/mol. The number of phenols is 1. The Morgan fingerprint density at radius 1 is 0.788 bits per heavy atom. The van der Waals surface area contributed by atoms with E-state index in [1.807, 2.05) is 0 Å². The summed E-state index contributed by atoms with van der Waals surface area (Å²) in [6.45, 7) is -1.23. The summed E-state index contributed by atoms with van der Waals surface area (Å²) in [5.41, 5.74) is 0.513. The lowest BCUT2D eigenvalue weighted by Gasteiger charge is -2.42. The van der Waals surface area contributed by atoms with Crippen LogP contribution in [0, 0.1) is 0 Å². The third-order valence-electron chi connectivity index (χ3n) is 5.60.